The summed E-state index contributed by atoms with van der Waals surface area (Å²) >= 11 is 5.80. The highest BCUT2D eigenvalue weighted by molar-refractivity contribution is 6.33. The fraction of sp³-hybridized carbons (Fsp3) is 0.364. The summed E-state index contributed by atoms with van der Waals surface area (Å²) in [7, 11) is 0. The molecular formula is C11H14ClNO2. The number of hydrogen-bond acceptors (Lipinski definition) is 2. The molecule has 0 saturated heterocycles. The van der Waals surface area contributed by atoms with E-state index < -0.39 is 11.4 Å². The summed E-state index contributed by atoms with van der Waals surface area (Å²) in [4.78, 5) is 10.7. The van der Waals surface area contributed by atoms with Crippen LogP contribution in [0.2, 0.25) is 5.02 Å². The van der Waals surface area contributed by atoms with E-state index in [1.165, 1.54) is 0 Å². The number of aliphatic carboxylic acids is 1. The summed E-state index contributed by atoms with van der Waals surface area (Å²) in [6.07, 6.45) is 0.0636. The lowest BCUT2D eigenvalue weighted by Gasteiger charge is -2.23. The molecule has 3 nitrogen and oxygen atoms in total. The molecular weight excluding hydrogens is 214 g/mol. The number of carboxylic acid groups (broad SMARTS) is 1. The predicted octanol–water partition coefficient (Wildman–Crippen LogP) is 2.67. The monoisotopic (exact) mass is 227 g/mol. The van der Waals surface area contributed by atoms with Crippen molar-refractivity contribution in [3.63, 3.8) is 0 Å². The molecule has 0 aromatic heterocycles. The first kappa shape index (κ1) is 11.9. The van der Waals surface area contributed by atoms with Gasteiger partial charge in [-0.25, -0.2) is 0 Å². The van der Waals surface area contributed by atoms with Crippen LogP contribution in [0.1, 0.15) is 25.8 Å². The van der Waals surface area contributed by atoms with Crippen molar-refractivity contribution in [2.45, 2.75) is 25.7 Å². The van der Waals surface area contributed by atoms with Gasteiger partial charge in [0.25, 0.3) is 0 Å². The van der Waals surface area contributed by atoms with Crippen LogP contribution in [0.4, 0.5) is 5.69 Å². The lowest BCUT2D eigenvalue weighted by molar-refractivity contribution is -0.138. The van der Waals surface area contributed by atoms with Gasteiger partial charge in [0.2, 0.25) is 0 Å². The highest BCUT2D eigenvalue weighted by Crippen LogP contribution is 2.30. The fourth-order valence-electron chi connectivity index (χ4n) is 1.44. The number of halogens is 1. The Morgan fingerprint density at radius 1 is 1.53 bits per heavy atom. The number of rotatable bonds is 3. The van der Waals surface area contributed by atoms with E-state index in [-0.39, 0.29) is 6.42 Å². The number of nitrogens with two attached hydrogens (primary N) is 1. The smallest absolute Gasteiger partial charge is 0.304 e. The topological polar surface area (TPSA) is 63.3 Å². The minimum absolute atomic E-state index is 0.0636. The van der Waals surface area contributed by atoms with Gasteiger partial charge < -0.3 is 10.8 Å². The summed E-state index contributed by atoms with van der Waals surface area (Å²) in [5.41, 5.74) is 6.59. The average molecular weight is 228 g/mol. The Morgan fingerprint density at radius 3 is 2.60 bits per heavy atom. The van der Waals surface area contributed by atoms with E-state index in [0.29, 0.717) is 10.7 Å². The van der Waals surface area contributed by atoms with E-state index in [9.17, 15) is 4.79 Å². The van der Waals surface area contributed by atoms with Gasteiger partial charge in [-0.05, 0) is 17.7 Å². The van der Waals surface area contributed by atoms with E-state index in [0.717, 1.165) is 5.56 Å². The highest BCUT2D eigenvalue weighted by atomic mass is 35.5. The van der Waals surface area contributed by atoms with Crippen LogP contribution in [-0.2, 0) is 10.2 Å². The lowest BCUT2D eigenvalue weighted by Crippen LogP contribution is -2.21. The van der Waals surface area contributed by atoms with E-state index in [1.54, 1.807) is 12.1 Å². The molecule has 4 heteroatoms. The molecule has 0 aliphatic carbocycles. The second-order valence-corrected chi connectivity index (χ2v) is 4.60. The normalized spacial score (nSPS) is 11.4. The molecule has 0 spiro atoms. The van der Waals surface area contributed by atoms with Crippen molar-refractivity contribution in [3.05, 3.63) is 28.8 Å². The van der Waals surface area contributed by atoms with E-state index in [1.807, 2.05) is 19.9 Å². The second kappa shape index (κ2) is 4.11. The minimum Gasteiger partial charge on any atom is -0.481 e. The Morgan fingerprint density at radius 2 is 2.13 bits per heavy atom. The van der Waals surface area contributed by atoms with Crippen molar-refractivity contribution in [3.8, 4) is 0 Å². The van der Waals surface area contributed by atoms with Crippen LogP contribution >= 0.6 is 11.6 Å². The lowest BCUT2D eigenvalue weighted by atomic mass is 9.81. The number of carbonyl (C=O) groups is 1. The Hall–Kier alpha value is -1.22. The average Bonchev–Trinajstić information content (AvgIpc) is 2.07. The maximum Gasteiger partial charge on any atom is 0.304 e. The number of hydrogen-bond donors (Lipinski definition) is 2. The molecule has 0 unspecified atom stereocenters. The Bertz CT molecular complexity index is 388. The first-order valence-electron chi connectivity index (χ1n) is 4.60. The van der Waals surface area contributed by atoms with Crippen molar-refractivity contribution >= 4 is 23.3 Å². The van der Waals surface area contributed by atoms with Crippen LogP contribution < -0.4 is 5.73 Å². The van der Waals surface area contributed by atoms with E-state index >= 15 is 0 Å². The zero-order valence-electron chi connectivity index (χ0n) is 8.75. The molecule has 0 atom stereocenters. The number of nitrogen functional groups attached to an aromatic ring is 1. The van der Waals surface area contributed by atoms with Gasteiger partial charge in [-0.1, -0.05) is 31.5 Å². The zero-order chi connectivity index (χ0) is 11.6. The van der Waals surface area contributed by atoms with Crippen LogP contribution in [0, 0.1) is 0 Å². The predicted molar refractivity (Wildman–Crippen MR) is 61.1 cm³/mol. The minimum atomic E-state index is -0.825. The number of carboxylic acids is 1. The third kappa shape index (κ3) is 2.86. The zero-order valence-corrected chi connectivity index (χ0v) is 9.51. The van der Waals surface area contributed by atoms with Crippen LogP contribution in [0.5, 0.6) is 0 Å². The SMILES string of the molecule is CC(C)(CC(=O)O)c1ccc(Cl)c(N)c1. The molecule has 0 aliphatic heterocycles. The second-order valence-electron chi connectivity index (χ2n) is 4.19. The summed E-state index contributed by atoms with van der Waals surface area (Å²) in [5, 5.41) is 9.27. The molecule has 0 aliphatic rings. The third-order valence-corrected chi connectivity index (χ3v) is 2.71. The van der Waals surface area contributed by atoms with E-state index in [4.69, 9.17) is 22.4 Å². The largest absolute Gasteiger partial charge is 0.481 e. The molecule has 1 aromatic carbocycles. The summed E-state index contributed by atoms with van der Waals surface area (Å²) < 4.78 is 0. The van der Waals surface area contributed by atoms with Crippen LogP contribution in [0.25, 0.3) is 0 Å². The Kier molecular flexibility index (Phi) is 3.25. The standard InChI is InChI=1S/C11H14ClNO2/c1-11(2,6-10(14)15)7-3-4-8(12)9(13)5-7/h3-5H,6,13H2,1-2H3,(H,14,15). The van der Waals surface area contributed by atoms with Gasteiger partial charge in [0.1, 0.15) is 0 Å². The first-order chi connectivity index (χ1) is 6.83. The third-order valence-electron chi connectivity index (χ3n) is 2.37. The van der Waals surface area contributed by atoms with Gasteiger partial charge in [-0.15, -0.1) is 0 Å². The molecule has 3 N–H and O–H groups in total. The molecule has 1 aromatic rings. The van der Waals surface area contributed by atoms with Gasteiger partial charge in [0.05, 0.1) is 17.1 Å². The van der Waals surface area contributed by atoms with Crippen LogP contribution in [0.15, 0.2) is 18.2 Å². The molecule has 1 rings (SSSR count). The molecule has 0 fully saturated rings. The van der Waals surface area contributed by atoms with Crippen molar-refractivity contribution in [2.24, 2.45) is 0 Å². The fourth-order valence-corrected chi connectivity index (χ4v) is 1.56. The molecule has 0 bridgehead atoms. The summed E-state index contributed by atoms with van der Waals surface area (Å²) in [6, 6.07) is 5.22. The molecule has 15 heavy (non-hydrogen) atoms. The van der Waals surface area contributed by atoms with Crippen LogP contribution in [-0.4, -0.2) is 11.1 Å². The van der Waals surface area contributed by atoms with Crippen LogP contribution in [0.3, 0.4) is 0 Å². The summed E-state index contributed by atoms with van der Waals surface area (Å²) in [6.45, 7) is 3.73. The van der Waals surface area contributed by atoms with Gasteiger partial charge in [-0.2, -0.15) is 0 Å². The molecule has 0 radical (unpaired) electrons. The Balaban J connectivity index is 3.04. The molecule has 82 valence electrons. The molecule has 0 saturated carbocycles. The van der Waals surface area contributed by atoms with Gasteiger partial charge in [0.15, 0.2) is 0 Å². The number of benzene rings is 1. The maximum atomic E-state index is 10.7. The van der Waals surface area contributed by atoms with Gasteiger partial charge in [-0.3, -0.25) is 4.79 Å². The van der Waals surface area contributed by atoms with E-state index in [2.05, 4.69) is 0 Å². The van der Waals surface area contributed by atoms with Crippen molar-refractivity contribution in [1.82, 2.24) is 0 Å². The quantitative estimate of drug-likeness (QED) is 0.781. The first-order valence-corrected chi connectivity index (χ1v) is 4.98. The maximum absolute atomic E-state index is 10.7. The van der Waals surface area contributed by atoms with Crippen molar-refractivity contribution in [2.75, 3.05) is 5.73 Å². The highest BCUT2D eigenvalue weighted by Gasteiger charge is 2.24. The van der Waals surface area contributed by atoms with Crippen molar-refractivity contribution in [1.29, 1.82) is 0 Å². The molecule has 0 amide bonds. The van der Waals surface area contributed by atoms with Crippen molar-refractivity contribution < 1.29 is 9.90 Å². The number of anilines is 1. The summed E-state index contributed by atoms with van der Waals surface area (Å²) in [5.74, 6) is -0.825. The molecule has 0 heterocycles. The Labute approximate surface area is 93.9 Å². The van der Waals surface area contributed by atoms with Gasteiger partial charge >= 0.3 is 5.97 Å². The van der Waals surface area contributed by atoms with Gasteiger partial charge in [0, 0.05) is 5.41 Å².